The van der Waals surface area contributed by atoms with Gasteiger partial charge in [-0.2, -0.15) is 0 Å². The second kappa shape index (κ2) is 8.75. The molecular formula is C28H29FN4O2. The van der Waals surface area contributed by atoms with Crippen LogP contribution in [0.1, 0.15) is 28.6 Å². The van der Waals surface area contributed by atoms with Gasteiger partial charge >= 0.3 is 0 Å². The normalized spacial score (nSPS) is 19.6. The maximum Gasteiger partial charge on any atom is 0.123 e. The molecule has 2 aromatic heterocycles. The highest BCUT2D eigenvalue weighted by molar-refractivity contribution is 5.88. The molecule has 0 saturated carbocycles. The number of hydrogen-bond acceptors (Lipinski definition) is 5. The number of aromatic nitrogens is 2. The maximum absolute atomic E-state index is 13.5. The van der Waals surface area contributed by atoms with E-state index in [4.69, 9.17) is 4.74 Å². The van der Waals surface area contributed by atoms with Crippen molar-refractivity contribution >= 4 is 10.9 Å². The molecular weight excluding hydrogens is 443 g/mol. The summed E-state index contributed by atoms with van der Waals surface area (Å²) in [4.78, 5) is 12.9. The van der Waals surface area contributed by atoms with Crippen LogP contribution in [0.3, 0.4) is 0 Å². The summed E-state index contributed by atoms with van der Waals surface area (Å²) in [5.74, 6) is 0.567. The van der Waals surface area contributed by atoms with Gasteiger partial charge in [-0.3, -0.25) is 14.8 Å². The lowest BCUT2D eigenvalue weighted by Gasteiger charge is -2.56. The van der Waals surface area contributed by atoms with Crippen LogP contribution in [0.15, 0.2) is 66.9 Å². The number of hydrogen-bond donors (Lipinski definition) is 2. The first-order chi connectivity index (χ1) is 17.1. The molecule has 1 atom stereocenters. The van der Waals surface area contributed by atoms with Gasteiger partial charge in [0.2, 0.25) is 0 Å². The molecule has 0 aliphatic carbocycles. The number of halogens is 1. The molecule has 2 aliphatic rings. The zero-order chi connectivity index (χ0) is 24.0. The number of pyridine rings is 1. The second-order valence-electron chi connectivity index (χ2n) is 9.80. The molecule has 6 rings (SSSR count). The molecule has 2 aromatic carbocycles. The van der Waals surface area contributed by atoms with Crippen molar-refractivity contribution in [2.24, 2.45) is 0 Å². The van der Waals surface area contributed by atoms with Crippen LogP contribution < -0.4 is 4.74 Å². The molecule has 4 heterocycles. The average Bonchev–Trinajstić information content (AvgIpc) is 3.24. The van der Waals surface area contributed by atoms with Gasteiger partial charge < -0.3 is 14.8 Å². The second-order valence-corrected chi connectivity index (χ2v) is 9.80. The monoisotopic (exact) mass is 472 g/mol. The zero-order valence-corrected chi connectivity index (χ0v) is 19.7. The van der Waals surface area contributed by atoms with E-state index in [1.165, 1.54) is 23.1 Å². The van der Waals surface area contributed by atoms with Gasteiger partial charge in [-0.05, 0) is 47.5 Å². The van der Waals surface area contributed by atoms with Crippen molar-refractivity contribution in [1.29, 1.82) is 0 Å². The van der Waals surface area contributed by atoms with E-state index in [0.717, 1.165) is 54.4 Å². The minimum Gasteiger partial charge on any atom is -0.497 e. The van der Waals surface area contributed by atoms with Crippen molar-refractivity contribution in [3.05, 3.63) is 95.2 Å². The summed E-state index contributed by atoms with van der Waals surface area (Å²) in [7, 11) is 1.67. The lowest BCUT2D eigenvalue weighted by molar-refractivity contribution is -0.0124. The molecule has 0 unspecified atom stereocenters. The van der Waals surface area contributed by atoms with E-state index in [1.807, 2.05) is 42.6 Å². The van der Waals surface area contributed by atoms with E-state index >= 15 is 0 Å². The number of H-pyrrole nitrogens is 1. The Kier molecular flexibility index (Phi) is 5.56. The Labute approximate surface area is 204 Å². The third-order valence-corrected chi connectivity index (χ3v) is 7.48. The molecule has 180 valence electrons. The molecule has 4 aromatic rings. The van der Waals surface area contributed by atoms with Crippen LogP contribution in [0.5, 0.6) is 5.75 Å². The molecule has 0 radical (unpaired) electrons. The molecule has 2 N–H and O–H groups in total. The first-order valence-electron chi connectivity index (χ1n) is 12.0. The number of benzene rings is 2. The minimum atomic E-state index is -0.237. The Morgan fingerprint density at radius 3 is 2.63 bits per heavy atom. The van der Waals surface area contributed by atoms with Gasteiger partial charge in [0, 0.05) is 67.0 Å². The van der Waals surface area contributed by atoms with E-state index in [0.29, 0.717) is 6.54 Å². The summed E-state index contributed by atoms with van der Waals surface area (Å²) in [6, 6.07) is 18.7. The van der Waals surface area contributed by atoms with Gasteiger partial charge in [-0.1, -0.05) is 18.2 Å². The van der Waals surface area contributed by atoms with Crippen molar-refractivity contribution in [3.8, 4) is 5.75 Å². The molecule has 1 spiro atoms. The predicted molar refractivity (Wildman–Crippen MR) is 133 cm³/mol. The van der Waals surface area contributed by atoms with E-state index < -0.39 is 0 Å². The number of aliphatic hydroxyl groups excluding tert-OH is 1. The van der Waals surface area contributed by atoms with Gasteiger partial charge in [0.15, 0.2) is 0 Å². The van der Waals surface area contributed by atoms with Crippen LogP contribution in [0, 0.1) is 5.82 Å². The molecule has 35 heavy (non-hydrogen) atoms. The molecule has 6 nitrogen and oxygen atoms in total. The summed E-state index contributed by atoms with van der Waals surface area (Å²) < 4.78 is 19.0. The maximum atomic E-state index is 13.5. The smallest absolute Gasteiger partial charge is 0.123 e. The predicted octanol–water partition coefficient (Wildman–Crippen LogP) is 4.01. The van der Waals surface area contributed by atoms with Crippen LogP contribution in [0.4, 0.5) is 4.39 Å². The van der Waals surface area contributed by atoms with Gasteiger partial charge in [0.1, 0.15) is 11.6 Å². The molecule has 7 heteroatoms. The fourth-order valence-corrected chi connectivity index (χ4v) is 6.00. The third kappa shape index (κ3) is 3.89. The summed E-state index contributed by atoms with van der Waals surface area (Å²) >= 11 is 0. The summed E-state index contributed by atoms with van der Waals surface area (Å²) in [6.45, 7) is 4.11. The summed E-state index contributed by atoms with van der Waals surface area (Å²) in [6.07, 6.45) is 1.84. The van der Waals surface area contributed by atoms with Crippen molar-refractivity contribution in [2.45, 2.75) is 24.5 Å². The molecule has 0 bridgehead atoms. The third-order valence-electron chi connectivity index (χ3n) is 7.48. The Hall–Kier alpha value is -3.26. The largest absolute Gasteiger partial charge is 0.497 e. The Balaban J connectivity index is 1.38. The van der Waals surface area contributed by atoms with Crippen LogP contribution >= 0.6 is 0 Å². The highest BCUT2D eigenvalue weighted by Gasteiger charge is 2.52. The van der Waals surface area contributed by atoms with E-state index in [1.54, 1.807) is 7.11 Å². The standard InChI is InChI=1S/C28H29FN4O2/c1-35-22-9-10-23-24(12-22)31-27-25(15-34)33(13-19-5-7-20(29)8-6-19)18-28(26(23)27)16-32(17-28)14-21-4-2-3-11-30-21/h2-12,25,31,34H,13-18H2,1H3/t25-/m0/s1. The number of nitrogens with one attached hydrogen (secondary N) is 1. The van der Waals surface area contributed by atoms with E-state index in [9.17, 15) is 9.50 Å². The van der Waals surface area contributed by atoms with Crippen molar-refractivity contribution < 1.29 is 14.2 Å². The average molecular weight is 473 g/mol. The fraction of sp³-hybridized carbons (Fsp3) is 0.321. The van der Waals surface area contributed by atoms with Crippen molar-refractivity contribution in [1.82, 2.24) is 19.8 Å². The highest BCUT2D eigenvalue weighted by atomic mass is 19.1. The Morgan fingerprint density at radius 2 is 1.91 bits per heavy atom. The zero-order valence-electron chi connectivity index (χ0n) is 19.7. The minimum absolute atomic E-state index is 0.00583. The number of ether oxygens (including phenoxy) is 1. The number of methoxy groups -OCH3 is 1. The quantitative estimate of drug-likeness (QED) is 0.444. The van der Waals surface area contributed by atoms with Crippen molar-refractivity contribution in [2.75, 3.05) is 33.4 Å². The number of likely N-dealkylation sites (tertiary alicyclic amines) is 1. The topological polar surface area (TPSA) is 64.6 Å². The molecule has 0 amide bonds. The molecule has 1 saturated heterocycles. The van der Waals surface area contributed by atoms with Crippen LogP contribution in [0.2, 0.25) is 0 Å². The van der Waals surface area contributed by atoms with Gasteiger partial charge in [-0.25, -0.2) is 4.39 Å². The first-order valence-corrected chi connectivity index (χ1v) is 12.0. The lowest BCUT2D eigenvalue weighted by Crippen LogP contribution is -2.65. The molecule has 2 aliphatic heterocycles. The SMILES string of the molecule is COc1ccc2c3c([nH]c2c1)[C@H](CO)N(Cc1ccc(F)cc1)CC31CN(Cc2ccccn2)C1. The van der Waals surface area contributed by atoms with E-state index in [-0.39, 0.29) is 23.9 Å². The number of rotatable bonds is 6. The van der Waals surface area contributed by atoms with Gasteiger partial charge in [0.05, 0.1) is 25.5 Å². The Bertz CT molecular complexity index is 1330. The van der Waals surface area contributed by atoms with Crippen LogP contribution in [-0.4, -0.2) is 58.2 Å². The van der Waals surface area contributed by atoms with Gasteiger partial charge in [0.25, 0.3) is 0 Å². The van der Waals surface area contributed by atoms with Crippen LogP contribution in [-0.2, 0) is 18.5 Å². The number of aromatic amines is 1. The lowest BCUT2D eigenvalue weighted by atomic mass is 9.68. The molecule has 1 fully saturated rings. The van der Waals surface area contributed by atoms with Gasteiger partial charge in [-0.15, -0.1) is 0 Å². The first kappa shape index (κ1) is 22.2. The Morgan fingerprint density at radius 1 is 1.09 bits per heavy atom. The van der Waals surface area contributed by atoms with E-state index in [2.05, 4.69) is 31.9 Å². The van der Waals surface area contributed by atoms with Crippen LogP contribution in [0.25, 0.3) is 10.9 Å². The van der Waals surface area contributed by atoms with Crippen molar-refractivity contribution in [3.63, 3.8) is 0 Å². The number of fused-ring (bicyclic) bond motifs is 4. The highest BCUT2D eigenvalue weighted by Crippen LogP contribution is 2.49. The number of nitrogens with zero attached hydrogens (tertiary/aromatic N) is 3. The summed E-state index contributed by atoms with van der Waals surface area (Å²) in [5.41, 5.74) is 5.44. The fourth-order valence-electron chi connectivity index (χ4n) is 6.00. The summed E-state index contributed by atoms with van der Waals surface area (Å²) in [5, 5.41) is 11.7. The number of aliphatic hydroxyl groups is 1.